The fourth-order valence-corrected chi connectivity index (χ4v) is 5.43. The summed E-state index contributed by atoms with van der Waals surface area (Å²) in [5.41, 5.74) is 4.18. The zero-order chi connectivity index (χ0) is 25.0. The minimum Gasteiger partial charge on any atom is -0.508 e. The van der Waals surface area contributed by atoms with E-state index in [1.165, 1.54) is 18.4 Å². The van der Waals surface area contributed by atoms with Crippen molar-refractivity contribution >= 4 is 36.9 Å². The van der Waals surface area contributed by atoms with E-state index in [4.69, 9.17) is 42.4 Å². The van der Waals surface area contributed by atoms with Crippen LogP contribution in [-0.4, -0.2) is 56.8 Å². The van der Waals surface area contributed by atoms with Gasteiger partial charge >= 0.3 is 7.82 Å². The van der Waals surface area contributed by atoms with Gasteiger partial charge in [-0.2, -0.15) is 0 Å². The first-order chi connectivity index (χ1) is 16.0. The zero-order valence-electron chi connectivity index (χ0n) is 18.7. The number of halogens is 2. The number of fused-ring (bicyclic) bond motifs is 1. The van der Waals surface area contributed by atoms with Gasteiger partial charge in [-0.15, -0.1) is 0 Å². The number of rotatable bonds is 4. The SMILES string of the molecule is CNC(=O)Cc1ccc(Cl)c(Cl)c1[C@@H]1c2ccc(O)cc2CC[C@H]1N1CCCC1.O=P(O)(O)O. The van der Waals surface area contributed by atoms with E-state index in [1.807, 2.05) is 18.2 Å². The molecule has 2 aromatic rings. The van der Waals surface area contributed by atoms with Crippen molar-refractivity contribution in [1.29, 1.82) is 0 Å². The summed E-state index contributed by atoms with van der Waals surface area (Å²) in [6.45, 7) is 2.16. The number of phenols is 1. The van der Waals surface area contributed by atoms with E-state index in [9.17, 15) is 9.90 Å². The number of carbonyl (C=O) groups is 1. The van der Waals surface area contributed by atoms with Crippen LogP contribution in [0.15, 0.2) is 30.3 Å². The van der Waals surface area contributed by atoms with E-state index in [-0.39, 0.29) is 24.0 Å². The summed E-state index contributed by atoms with van der Waals surface area (Å²) in [6, 6.07) is 9.62. The third kappa shape index (κ3) is 6.73. The average molecular weight is 531 g/mol. The molecule has 0 radical (unpaired) electrons. The number of nitrogens with zero attached hydrogens (tertiary/aromatic N) is 1. The summed E-state index contributed by atoms with van der Waals surface area (Å²) in [5.74, 6) is 0.248. The van der Waals surface area contributed by atoms with E-state index in [0.29, 0.717) is 16.1 Å². The van der Waals surface area contributed by atoms with Crippen LogP contribution in [-0.2, 0) is 22.2 Å². The number of amides is 1. The second-order valence-corrected chi connectivity index (χ2v) is 10.3. The van der Waals surface area contributed by atoms with Gasteiger partial charge in [0, 0.05) is 19.0 Å². The van der Waals surface area contributed by atoms with Gasteiger partial charge < -0.3 is 25.1 Å². The Morgan fingerprint density at radius 1 is 1.15 bits per heavy atom. The number of benzene rings is 2. The molecule has 0 saturated carbocycles. The third-order valence-corrected chi connectivity index (χ3v) is 7.15. The highest BCUT2D eigenvalue weighted by atomic mass is 35.5. The average Bonchev–Trinajstić information content (AvgIpc) is 3.29. The van der Waals surface area contributed by atoms with Crippen LogP contribution in [0, 0.1) is 0 Å². The van der Waals surface area contributed by atoms with Gasteiger partial charge in [0.15, 0.2) is 0 Å². The number of phosphoric acid groups is 1. The molecule has 0 aromatic heterocycles. The van der Waals surface area contributed by atoms with Crippen molar-refractivity contribution in [3.63, 3.8) is 0 Å². The van der Waals surface area contributed by atoms with E-state index >= 15 is 0 Å². The van der Waals surface area contributed by atoms with Gasteiger partial charge in [0.2, 0.25) is 5.91 Å². The van der Waals surface area contributed by atoms with Gasteiger partial charge in [0.1, 0.15) is 5.75 Å². The molecule has 2 aliphatic rings. The van der Waals surface area contributed by atoms with Gasteiger partial charge in [0.25, 0.3) is 0 Å². The monoisotopic (exact) mass is 530 g/mol. The van der Waals surface area contributed by atoms with Crippen molar-refractivity contribution in [3.05, 3.63) is 62.6 Å². The number of phenolic OH excluding ortho intramolecular Hbond substituents is 1. The van der Waals surface area contributed by atoms with Gasteiger partial charge in [-0.1, -0.05) is 35.3 Å². The summed E-state index contributed by atoms with van der Waals surface area (Å²) in [6.07, 6.45) is 4.59. The van der Waals surface area contributed by atoms with Crippen LogP contribution >= 0.6 is 31.0 Å². The Morgan fingerprint density at radius 2 is 1.79 bits per heavy atom. The maximum Gasteiger partial charge on any atom is 0.466 e. The first-order valence-corrected chi connectivity index (χ1v) is 13.3. The molecule has 2 atom stereocenters. The van der Waals surface area contributed by atoms with Crippen LogP contribution in [0.4, 0.5) is 0 Å². The van der Waals surface area contributed by atoms with Gasteiger partial charge in [-0.05, 0) is 79.2 Å². The van der Waals surface area contributed by atoms with E-state index in [0.717, 1.165) is 42.6 Å². The molecule has 0 spiro atoms. The molecule has 8 nitrogen and oxygen atoms in total. The molecule has 1 fully saturated rings. The third-order valence-electron chi connectivity index (χ3n) is 6.33. The highest BCUT2D eigenvalue weighted by Crippen LogP contribution is 2.46. The highest BCUT2D eigenvalue weighted by Gasteiger charge is 2.38. The maximum absolute atomic E-state index is 12.2. The molecule has 1 amide bonds. The lowest BCUT2D eigenvalue weighted by molar-refractivity contribution is -0.119. The molecule has 0 bridgehead atoms. The molecule has 5 N–H and O–H groups in total. The van der Waals surface area contributed by atoms with Crippen molar-refractivity contribution in [3.8, 4) is 5.75 Å². The first kappa shape index (κ1) is 27.0. The Morgan fingerprint density at radius 3 is 2.41 bits per heavy atom. The summed E-state index contributed by atoms with van der Waals surface area (Å²) >= 11 is 13.2. The fraction of sp³-hybridized carbons (Fsp3) is 0.435. The largest absolute Gasteiger partial charge is 0.508 e. The molecule has 1 saturated heterocycles. The lowest BCUT2D eigenvalue weighted by Crippen LogP contribution is -2.41. The molecule has 11 heteroatoms. The fourth-order valence-electron chi connectivity index (χ4n) is 4.96. The predicted octanol–water partition coefficient (Wildman–Crippen LogP) is 3.60. The number of likely N-dealkylation sites (tertiary alicyclic amines) is 1. The second kappa shape index (κ2) is 11.4. The Labute approximate surface area is 208 Å². The van der Waals surface area contributed by atoms with Crippen LogP contribution < -0.4 is 5.32 Å². The molecule has 34 heavy (non-hydrogen) atoms. The molecule has 1 heterocycles. The standard InChI is InChI=1S/C23H26Cl2N2O2.H3O4P/c1-26-20(29)13-15-4-8-18(24)23(25)21(15)22-17-7-6-16(28)12-14(17)5-9-19(22)27-10-2-3-11-27;1-5(2,3)4/h4,6-8,12,19,22,28H,2-3,5,9-11,13H2,1H3,(H,26,29);(H3,1,2,3,4)/t19-,22-;/m1./s1. The molecular formula is C23H29Cl2N2O6P. The van der Waals surface area contributed by atoms with Gasteiger partial charge in [-0.25, -0.2) is 4.57 Å². The molecule has 4 rings (SSSR count). The van der Waals surface area contributed by atoms with Gasteiger partial charge in [0.05, 0.1) is 16.5 Å². The molecule has 1 aliphatic carbocycles. The van der Waals surface area contributed by atoms with Crippen molar-refractivity contribution in [2.45, 2.75) is 44.1 Å². The number of aromatic hydroxyl groups is 1. The minimum atomic E-state index is -4.64. The van der Waals surface area contributed by atoms with Crippen LogP contribution in [0.2, 0.25) is 10.0 Å². The van der Waals surface area contributed by atoms with Crippen molar-refractivity contribution in [1.82, 2.24) is 10.2 Å². The topological polar surface area (TPSA) is 130 Å². The normalized spacial score (nSPS) is 20.3. The Kier molecular flexibility index (Phi) is 9.04. The lowest BCUT2D eigenvalue weighted by Gasteiger charge is -2.40. The number of nitrogens with one attached hydrogen (secondary N) is 1. The first-order valence-electron chi connectivity index (χ1n) is 11.0. The van der Waals surface area contributed by atoms with Crippen LogP contribution in [0.5, 0.6) is 5.75 Å². The van der Waals surface area contributed by atoms with E-state index in [2.05, 4.69) is 10.2 Å². The number of aryl methyl sites for hydroxylation is 1. The number of hydrogen-bond donors (Lipinski definition) is 5. The smallest absolute Gasteiger partial charge is 0.466 e. The minimum absolute atomic E-state index is 0.0170. The lowest BCUT2D eigenvalue weighted by atomic mass is 9.73. The summed E-state index contributed by atoms with van der Waals surface area (Å²) in [5, 5.41) is 13.8. The van der Waals surface area contributed by atoms with Crippen molar-refractivity contribution in [2.75, 3.05) is 20.1 Å². The highest BCUT2D eigenvalue weighted by molar-refractivity contribution is 7.45. The second-order valence-electron chi connectivity index (χ2n) is 8.51. The summed E-state index contributed by atoms with van der Waals surface area (Å²) < 4.78 is 8.88. The van der Waals surface area contributed by atoms with E-state index < -0.39 is 7.82 Å². The quantitative estimate of drug-likeness (QED) is 0.381. The van der Waals surface area contributed by atoms with Crippen molar-refractivity contribution < 1.29 is 29.1 Å². The predicted molar refractivity (Wildman–Crippen MR) is 131 cm³/mol. The number of hydrogen-bond acceptors (Lipinski definition) is 4. The molecular weight excluding hydrogens is 502 g/mol. The Bertz CT molecular complexity index is 1080. The van der Waals surface area contributed by atoms with Crippen LogP contribution in [0.1, 0.15) is 47.4 Å². The van der Waals surface area contributed by atoms with Crippen LogP contribution in [0.25, 0.3) is 0 Å². The van der Waals surface area contributed by atoms with Gasteiger partial charge in [-0.3, -0.25) is 9.69 Å². The summed E-state index contributed by atoms with van der Waals surface area (Å²) in [7, 11) is -2.99. The number of carbonyl (C=O) groups excluding carboxylic acids is 1. The zero-order valence-corrected chi connectivity index (χ0v) is 21.2. The van der Waals surface area contributed by atoms with Crippen molar-refractivity contribution in [2.24, 2.45) is 0 Å². The maximum atomic E-state index is 12.2. The summed E-state index contributed by atoms with van der Waals surface area (Å²) in [4.78, 5) is 36.3. The Hall–Kier alpha value is -1.64. The van der Waals surface area contributed by atoms with E-state index in [1.54, 1.807) is 19.2 Å². The van der Waals surface area contributed by atoms with Crippen LogP contribution in [0.3, 0.4) is 0 Å². The number of likely N-dealkylation sites (N-methyl/N-ethyl adjacent to an activating group) is 1. The molecule has 2 aromatic carbocycles. The molecule has 186 valence electrons. The molecule has 1 aliphatic heterocycles. The Balaban J connectivity index is 0.000000588. The molecule has 0 unspecified atom stereocenters.